The third kappa shape index (κ3) is 5.97. The highest BCUT2D eigenvalue weighted by molar-refractivity contribution is 7.89. The summed E-state index contributed by atoms with van der Waals surface area (Å²) in [6.07, 6.45) is 0. The number of benzene rings is 1. The number of guanidine groups is 1. The first kappa shape index (κ1) is 21.2. The molecule has 2 rings (SSSR count). The van der Waals surface area contributed by atoms with Gasteiger partial charge < -0.3 is 9.47 Å². The minimum Gasteiger partial charge on any atom is -0.481 e. The lowest BCUT2D eigenvalue weighted by Crippen LogP contribution is -2.40. The maximum absolute atomic E-state index is 12.3. The minimum atomic E-state index is -4.02. The van der Waals surface area contributed by atoms with E-state index >= 15 is 0 Å². The van der Waals surface area contributed by atoms with E-state index in [1.54, 1.807) is 19.1 Å². The van der Waals surface area contributed by atoms with Crippen LogP contribution >= 0.6 is 0 Å². The number of hydrogen-bond acceptors (Lipinski definition) is 9. The summed E-state index contributed by atoms with van der Waals surface area (Å²) in [6, 6.07) is 7.35. The van der Waals surface area contributed by atoms with Crippen LogP contribution in [0.15, 0.2) is 44.6 Å². The van der Waals surface area contributed by atoms with Gasteiger partial charge in [0.1, 0.15) is 0 Å². The van der Waals surface area contributed by atoms with Gasteiger partial charge >= 0.3 is 10.5 Å². The predicted octanol–water partition coefficient (Wildman–Crippen LogP) is 0.336. The molecule has 0 spiro atoms. The van der Waals surface area contributed by atoms with E-state index in [1.807, 2.05) is 4.83 Å². The molecular weight excluding hydrogens is 412 g/mol. The standard InChI is InChI=1S/C14H16N6O6S2/c1-9-4-6-10(7-5-9)28(23,24)20-18-14(19-27(21)22)17-13-15-11(25-2)8-12(16-13)26-3/h4-8,20H,1-3H3,(H,15,16,17,18). The fourth-order valence-electron chi connectivity index (χ4n) is 1.78. The largest absolute Gasteiger partial charge is 0.481 e. The molecule has 150 valence electrons. The summed E-state index contributed by atoms with van der Waals surface area (Å²) in [6.45, 7) is 1.80. The zero-order valence-corrected chi connectivity index (χ0v) is 16.6. The smallest absolute Gasteiger partial charge is 0.319 e. The SMILES string of the molecule is COc1cc(OC)nc(N=C(N=S(=O)=O)NNS(=O)(=O)c2ccc(C)cc2)n1. The monoisotopic (exact) mass is 428 g/mol. The number of ether oxygens (including phenoxy) is 2. The van der Waals surface area contributed by atoms with Crippen molar-refractivity contribution in [3.8, 4) is 11.8 Å². The zero-order chi connectivity index (χ0) is 20.7. The van der Waals surface area contributed by atoms with Crippen molar-refractivity contribution in [2.24, 2.45) is 9.36 Å². The molecule has 2 N–H and O–H groups in total. The molecule has 1 aromatic heterocycles. The van der Waals surface area contributed by atoms with E-state index in [1.165, 1.54) is 32.4 Å². The molecular formula is C14H16N6O6S2. The third-order valence-corrected chi connectivity index (χ3v) is 4.67. The summed E-state index contributed by atoms with van der Waals surface area (Å²) in [5.41, 5.74) is 2.99. The van der Waals surface area contributed by atoms with Gasteiger partial charge in [-0.25, -0.2) is 8.42 Å². The summed E-state index contributed by atoms with van der Waals surface area (Å²) in [7, 11) is -4.25. The van der Waals surface area contributed by atoms with E-state index in [9.17, 15) is 16.8 Å². The Morgan fingerprint density at radius 1 is 1.07 bits per heavy atom. The number of nitrogens with one attached hydrogen (secondary N) is 2. The number of aliphatic imine (C=N–C) groups is 1. The average molecular weight is 428 g/mol. The number of aryl methyl sites for hydroxylation is 1. The molecule has 14 heteroatoms. The maximum atomic E-state index is 12.3. The Balaban J connectivity index is 2.33. The second-order valence-corrected chi connectivity index (χ2v) is 7.34. The normalized spacial score (nSPS) is 11.6. The Kier molecular flexibility index (Phi) is 6.97. The highest BCUT2D eigenvalue weighted by atomic mass is 32.2. The number of sulfonamides is 1. The quantitative estimate of drug-likeness (QED) is 0.375. The van der Waals surface area contributed by atoms with Gasteiger partial charge in [-0.2, -0.15) is 23.4 Å². The summed E-state index contributed by atoms with van der Waals surface area (Å²) >= 11 is 0. The van der Waals surface area contributed by atoms with E-state index in [2.05, 4.69) is 24.7 Å². The molecule has 0 bridgehead atoms. The lowest BCUT2D eigenvalue weighted by Gasteiger charge is -2.08. The number of nitrogens with zero attached hydrogens (tertiary/aromatic N) is 4. The van der Waals surface area contributed by atoms with Crippen LogP contribution in [0.2, 0.25) is 0 Å². The molecule has 0 aliphatic carbocycles. The Hall–Kier alpha value is -3.10. The van der Waals surface area contributed by atoms with Crippen LogP contribution in [0.1, 0.15) is 5.56 Å². The Morgan fingerprint density at radius 2 is 1.64 bits per heavy atom. The topological polar surface area (TPSA) is 161 Å². The van der Waals surface area contributed by atoms with Crippen LogP contribution in [0.4, 0.5) is 5.95 Å². The van der Waals surface area contributed by atoms with Gasteiger partial charge in [-0.3, -0.25) is 5.43 Å². The second-order valence-electron chi connectivity index (χ2n) is 5.04. The van der Waals surface area contributed by atoms with Crippen molar-refractivity contribution < 1.29 is 26.3 Å². The zero-order valence-electron chi connectivity index (χ0n) is 14.9. The number of hydrogen-bond donors (Lipinski definition) is 2. The van der Waals surface area contributed by atoms with Crippen molar-refractivity contribution >= 4 is 32.4 Å². The molecule has 0 saturated heterocycles. The summed E-state index contributed by atoms with van der Waals surface area (Å²) in [4.78, 5) is 13.5. The second kappa shape index (κ2) is 9.20. The first-order valence-corrected chi connectivity index (χ1v) is 9.96. The number of methoxy groups -OCH3 is 2. The molecule has 0 fully saturated rings. The minimum absolute atomic E-state index is 0.0486. The molecule has 12 nitrogen and oxygen atoms in total. The molecule has 0 unspecified atom stereocenters. The Labute approximate surface area is 162 Å². The van der Waals surface area contributed by atoms with Gasteiger partial charge in [0.25, 0.3) is 21.9 Å². The van der Waals surface area contributed by atoms with Crippen LogP contribution in [0.3, 0.4) is 0 Å². The number of aromatic nitrogens is 2. The number of hydrazine groups is 1. The molecule has 0 saturated carbocycles. The summed E-state index contributed by atoms with van der Waals surface area (Å²) in [5.74, 6) is -0.719. The summed E-state index contributed by atoms with van der Waals surface area (Å²) < 4.78 is 59.5. The van der Waals surface area contributed by atoms with E-state index in [0.717, 1.165) is 5.56 Å². The van der Waals surface area contributed by atoms with Crippen molar-refractivity contribution in [1.29, 1.82) is 0 Å². The van der Waals surface area contributed by atoms with E-state index in [0.29, 0.717) is 0 Å². The van der Waals surface area contributed by atoms with Crippen LogP contribution in [0.25, 0.3) is 0 Å². The molecule has 0 aliphatic heterocycles. The van der Waals surface area contributed by atoms with Gasteiger partial charge in [0.05, 0.1) is 25.2 Å². The van der Waals surface area contributed by atoms with Crippen molar-refractivity contribution in [2.75, 3.05) is 14.2 Å². The fraction of sp³-hybridized carbons (Fsp3) is 0.214. The third-order valence-electron chi connectivity index (χ3n) is 3.08. The van der Waals surface area contributed by atoms with Crippen LogP contribution < -0.4 is 19.7 Å². The molecule has 1 aromatic carbocycles. The van der Waals surface area contributed by atoms with E-state index < -0.39 is 26.5 Å². The molecule has 0 amide bonds. The predicted molar refractivity (Wildman–Crippen MR) is 98.2 cm³/mol. The van der Waals surface area contributed by atoms with Crippen LogP contribution in [0.5, 0.6) is 11.8 Å². The number of rotatable bonds is 6. The van der Waals surface area contributed by atoms with Crippen LogP contribution in [0, 0.1) is 6.92 Å². The summed E-state index contributed by atoms with van der Waals surface area (Å²) in [5, 5.41) is 0. The highest BCUT2D eigenvalue weighted by Crippen LogP contribution is 2.19. The molecule has 28 heavy (non-hydrogen) atoms. The van der Waals surface area contributed by atoms with Crippen molar-refractivity contribution in [1.82, 2.24) is 20.2 Å². The molecule has 0 aliphatic rings. The van der Waals surface area contributed by atoms with Crippen molar-refractivity contribution in [3.63, 3.8) is 0 Å². The maximum Gasteiger partial charge on any atom is 0.319 e. The first-order chi connectivity index (χ1) is 13.2. The fourth-order valence-corrected chi connectivity index (χ4v) is 2.84. The Morgan fingerprint density at radius 3 is 2.14 bits per heavy atom. The van der Waals surface area contributed by atoms with Crippen LogP contribution in [-0.2, 0) is 20.5 Å². The average Bonchev–Trinajstić information content (AvgIpc) is 2.65. The first-order valence-electron chi connectivity index (χ1n) is 7.45. The lowest BCUT2D eigenvalue weighted by atomic mass is 10.2. The lowest BCUT2D eigenvalue weighted by molar-refractivity contribution is 0.372. The van der Waals surface area contributed by atoms with Gasteiger partial charge in [-0.05, 0) is 19.1 Å². The molecule has 0 atom stereocenters. The van der Waals surface area contributed by atoms with Gasteiger partial charge in [0.15, 0.2) is 0 Å². The molecule has 1 heterocycles. The van der Waals surface area contributed by atoms with Gasteiger partial charge in [-0.15, -0.1) is 4.83 Å². The molecule has 2 aromatic rings. The van der Waals surface area contributed by atoms with Crippen molar-refractivity contribution in [3.05, 3.63) is 35.9 Å². The van der Waals surface area contributed by atoms with Crippen molar-refractivity contribution in [2.45, 2.75) is 11.8 Å². The Bertz CT molecular complexity index is 1080. The van der Waals surface area contributed by atoms with E-state index in [4.69, 9.17) is 9.47 Å². The molecule has 0 radical (unpaired) electrons. The van der Waals surface area contributed by atoms with Gasteiger partial charge in [0, 0.05) is 0 Å². The highest BCUT2D eigenvalue weighted by Gasteiger charge is 2.15. The van der Waals surface area contributed by atoms with Gasteiger partial charge in [0.2, 0.25) is 11.8 Å². The van der Waals surface area contributed by atoms with Crippen LogP contribution in [-0.4, -0.2) is 47.0 Å². The van der Waals surface area contributed by atoms with E-state index in [-0.39, 0.29) is 22.6 Å². The van der Waals surface area contributed by atoms with Gasteiger partial charge in [-0.1, -0.05) is 22.1 Å².